The van der Waals surface area contributed by atoms with Crippen molar-refractivity contribution in [1.82, 2.24) is 10.6 Å². The first kappa shape index (κ1) is 19.3. The summed E-state index contributed by atoms with van der Waals surface area (Å²) in [5, 5.41) is 15.1. The lowest BCUT2D eigenvalue weighted by Gasteiger charge is -2.33. The van der Waals surface area contributed by atoms with Gasteiger partial charge < -0.3 is 25.2 Å². The summed E-state index contributed by atoms with van der Waals surface area (Å²) in [7, 11) is 1.42. The predicted molar refractivity (Wildman–Crippen MR) is 103 cm³/mol. The molecule has 2 amide bonds. The van der Waals surface area contributed by atoms with Gasteiger partial charge in [0.05, 0.1) is 19.8 Å². The first-order valence-electron chi connectivity index (χ1n) is 8.83. The van der Waals surface area contributed by atoms with Crippen LogP contribution in [0.2, 0.25) is 0 Å². The fourth-order valence-electron chi connectivity index (χ4n) is 3.13. The number of carbonyl (C=O) groups is 2. The van der Waals surface area contributed by atoms with Gasteiger partial charge in [-0.1, -0.05) is 43.0 Å². The standard InChI is InChI=1S/C21H22N2O5/c1-13-18(20(25)28-11-10-14-6-4-3-5-7-14)19(23-21(26)22-13)15-8-9-16(24)17(12-15)27-2/h3-9,12,18-19,24H,1,10-11H2,2H3,(H2,22,23,26). The van der Waals surface area contributed by atoms with Crippen molar-refractivity contribution in [3.8, 4) is 11.5 Å². The molecule has 0 spiro atoms. The molecule has 1 saturated heterocycles. The van der Waals surface area contributed by atoms with E-state index >= 15 is 0 Å². The number of amides is 2. The number of rotatable bonds is 6. The van der Waals surface area contributed by atoms with Crippen molar-refractivity contribution in [3.63, 3.8) is 0 Å². The number of nitrogens with one attached hydrogen (secondary N) is 2. The van der Waals surface area contributed by atoms with Crippen molar-refractivity contribution in [2.75, 3.05) is 13.7 Å². The molecule has 2 aromatic rings. The van der Waals surface area contributed by atoms with Crippen LogP contribution in [-0.4, -0.2) is 30.8 Å². The molecule has 1 aliphatic heterocycles. The van der Waals surface area contributed by atoms with Crippen LogP contribution in [0.5, 0.6) is 11.5 Å². The lowest BCUT2D eigenvalue weighted by molar-refractivity contribution is -0.148. The second-order valence-electron chi connectivity index (χ2n) is 6.41. The van der Waals surface area contributed by atoms with Crippen LogP contribution in [0.4, 0.5) is 4.79 Å². The first-order valence-corrected chi connectivity index (χ1v) is 8.83. The Morgan fingerprint density at radius 3 is 2.68 bits per heavy atom. The van der Waals surface area contributed by atoms with Gasteiger partial charge in [0.1, 0.15) is 5.92 Å². The Bertz CT molecular complexity index is 882. The zero-order chi connectivity index (χ0) is 20.1. The zero-order valence-corrected chi connectivity index (χ0v) is 15.5. The van der Waals surface area contributed by atoms with Gasteiger partial charge in [0, 0.05) is 12.1 Å². The Balaban J connectivity index is 1.76. The van der Waals surface area contributed by atoms with E-state index in [1.165, 1.54) is 13.2 Å². The Labute approximate surface area is 163 Å². The fourth-order valence-corrected chi connectivity index (χ4v) is 3.13. The molecular weight excluding hydrogens is 360 g/mol. The quantitative estimate of drug-likeness (QED) is 0.668. The minimum atomic E-state index is -0.817. The van der Waals surface area contributed by atoms with Crippen LogP contribution in [0.1, 0.15) is 17.2 Å². The number of hydrogen-bond acceptors (Lipinski definition) is 5. The van der Waals surface area contributed by atoms with Gasteiger partial charge in [-0.05, 0) is 23.3 Å². The number of ether oxygens (including phenoxy) is 2. The van der Waals surface area contributed by atoms with E-state index in [-0.39, 0.29) is 23.8 Å². The topological polar surface area (TPSA) is 96.9 Å². The number of aromatic hydroxyl groups is 1. The highest BCUT2D eigenvalue weighted by atomic mass is 16.5. The maximum absolute atomic E-state index is 12.8. The number of carbonyl (C=O) groups excluding carboxylic acids is 2. The molecule has 0 aromatic heterocycles. The third-order valence-corrected chi connectivity index (χ3v) is 4.56. The van der Waals surface area contributed by atoms with E-state index in [9.17, 15) is 14.7 Å². The highest BCUT2D eigenvalue weighted by molar-refractivity contribution is 5.85. The number of hydrogen-bond donors (Lipinski definition) is 3. The van der Waals surface area contributed by atoms with Crippen LogP contribution in [0.3, 0.4) is 0 Å². The monoisotopic (exact) mass is 382 g/mol. The van der Waals surface area contributed by atoms with Crippen LogP contribution in [0.25, 0.3) is 0 Å². The van der Waals surface area contributed by atoms with Crippen molar-refractivity contribution < 1.29 is 24.2 Å². The molecule has 1 aliphatic rings. The molecule has 2 unspecified atom stereocenters. The Morgan fingerprint density at radius 2 is 1.96 bits per heavy atom. The lowest BCUT2D eigenvalue weighted by atomic mass is 9.89. The van der Waals surface area contributed by atoms with Crippen molar-refractivity contribution in [2.45, 2.75) is 12.5 Å². The molecule has 0 saturated carbocycles. The van der Waals surface area contributed by atoms with Gasteiger partial charge in [-0.2, -0.15) is 0 Å². The normalized spacial score (nSPS) is 18.8. The summed E-state index contributed by atoms with van der Waals surface area (Å²) in [6, 6.07) is 13.2. The van der Waals surface area contributed by atoms with E-state index in [0.717, 1.165) is 5.56 Å². The summed E-state index contributed by atoms with van der Waals surface area (Å²) < 4.78 is 10.6. The van der Waals surface area contributed by atoms with Gasteiger partial charge in [0.25, 0.3) is 0 Å². The number of esters is 1. The summed E-state index contributed by atoms with van der Waals surface area (Å²) >= 11 is 0. The minimum Gasteiger partial charge on any atom is -0.504 e. The van der Waals surface area contributed by atoms with E-state index in [1.807, 2.05) is 30.3 Å². The predicted octanol–water partition coefficient (Wildman–Crippen LogP) is 2.67. The molecule has 0 aliphatic carbocycles. The smallest absolute Gasteiger partial charge is 0.319 e. The van der Waals surface area contributed by atoms with Gasteiger partial charge in [-0.3, -0.25) is 4.79 Å². The molecule has 28 heavy (non-hydrogen) atoms. The van der Waals surface area contributed by atoms with E-state index in [0.29, 0.717) is 12.0 Å². The van der Waals surface area contributed by atoms with Crippen LogP contribution in [0.15, 0.2) is 60.8 Å². The molecule has 2 atom stereocenters. The average Bonchev–Trinajstić information content (AvgIpc) is 2.68. The molecule has 3 N–H and O–H groups in total. The molecule has 0 bridgehead atoms. The summed E-state index contributed by atoms with van der Waals surface area (Å²) in [5.74, 6) is -1.10. The first-order chi connectivity index (χ1) is 13.5. The van der Waals surface area contributed by atoms with E-state index in [1.54, 1.807) is 12.1 Å². The van der Waals surface area contributed by atoms with Crippen LogP contribution < -0.4 is 15.4 Å². The van der Waals surface area contributed by atoms with Gasteiger partial charge >= 0.3 is 12.0 Å². The SMILES string of the molecule is C=C1NC(=O)NC(c2ccc(O)c(OC)c2)C1C(=O)OCCc1ccccc1. The van der Waals surface area contributed by atoms with Crippen molar-refractivity contribution in [2.24, 2.45) is 5.92 Å². The van der Waals surface area contributed by atoms with Gasteiger partial charge in [0.15, 0.2) is 11.5 Å². The van der Waals surface area contributed by atoms with Gasteiger partial charge in [-0.25, -0.2) is 4.79 Å². The van der Waals surface area contributed by atoms with E-state index in [2.05, 4.69) is 17.2 Å². The molecule has 7 nitrogen and oxygen atoms in total. The highest BCUT2D eigenvalue weighted by Crippen LogP contribution is 2.35. The molecule has 1 heterocycles. The third kappa shape index (κ3) is 4.25. The Morgan fingerprint density at radius 1 is 1.21 bits per heavy atom. The number of methoxy groups -OCH3 is 1. The number of phenols is 1. The maximum Gasteiger partial charge on any atom is 0.319 e. The molecule has 7 heteroatoms. The molecule has 2 aromatic carbocycles. The molecular formula is C21H22N2O5. The summed E-state index contributed by atoms with van der Waals surface area (Å²) in [5.41, 5.74) is 1.91. The fraction of sp³-hybridized carbons (Fsp3) is 0.238. The number of phenolic OH excluding ortho intramolecular Hbond substituents is 1. The van der Waals surface area contributed by atoms with Gasteiger partial charge in [0.2, 0.25) is 0 Å². The van der Waals surface area contributed by atoms with E-state index in [4.69, 9.17) is 9.47 Å². The summed E-state index contributed by atoms with van der Waals surface area (Å²) in [6.45, 7) is 4.03. The van der Waals surface area contributed by atoms with Crippen molar-refractivity contribution in [1.29, 1.82) is 0 Å². The van der Waals surface area contributed by atoms with Crippen LogP contribution in [-0.2, 0) is 16.0 Å². The molecule has 1 fully saturated rings. The molecule has 3 rings (SSSR count). The molecule has 0 radical (unpaired) electrons. The summed E-state index contributed by atoms with van der Waals surface area (Å²) in [4.78, 5) is 24.7. The van der Waals surface area contributed by atoms with Crippen molar-refractivity contribution in [3.05, 3.63) is 71.9 Å². The Kier molecular flexibility index (Phi) is 5.84. The Hall–Kier alpha value is -3.48. The zero-order valence-electron chi connectivity index (χ0n) is 15.5. The van der Waals surface area contributed by atoms with Crippen LogP contribution >= 0.6 is 0 Å². The lowest BCUT2D eigenvalue weighted by Crippen LogP contribution is -2.51. The van der Waals surface area contributed by atoms with E-state index < -0.39 is 24.0 Å². The third-order valence-electron chi connectivity index (χ3n) is 4.56. The van der Waals surface area contributed by atoms with Crippen LogP contribution in [0, 0.1) is 5.92 Å². The average molecular weight is 382 g/mol. The largest absolute Gasteiger partial charge is 0.504 e. The number of benzene rings is 2. The second-order valence-corrected chi connectivity index (χ2v) is 6.41. The van der Waals surface area contributed by atoms with Gasteiger partial charge in [-0.15, -0.1) is 0 Å². The van der Waals surface area contributed by atoms with Crippen molar-refractivity contribution >= 4 is 12.0 Å². The second kappa shape index (κ2) is 8.47. The maximum atomic E-state index is 12.8. The molecule has 146 valence electrons. The summed E-state index contributed by atoms with van der Waals surface area (Å²) in [6.07, 6.45) is 0.587. The highest BCUT2D eigenvalue weighted by Gasteiger charge is 2.39. The minimum absolute atomic E-state index is 0.0349. The number of urea groups is 1.